The van der Waals surface area contributed by atoms with Gasteiger partial charge in [-0.1, -0.05) is 35.6 Å². The zero-order valence-electron chi connectivity index (χ0n) is 21.6. The van der Waals surface area contributed by atoms with Crippen molar-refractivity contribution >= 4 is 25.0 Å². The fourth-order valence-corrected chi connectivity index (χ4v) is 3.82. The van der Waals surface area contributed by atoms with Crippen LogP contribution in [0, 0.1) is 23.5 Å². The number of ether oxygens (including phenoxy) is 1. The summed E-state index contributed by atoms with van der Waals surface area (Å²) in [7, 11) is 0.445. The molecular weight excluding hydrogens is 426 g/mol. The summed E-state index contributed by atoms with van der Waals surface area (Å²) in [4.78, 5) is 0. The van der Waals surface area contributed by atoms with E-state index in [4.69, 9.17) is 23.4 Å². The average molecular weight is 458 g/mol. The minimum absolute atomic E-state index is 0.422. The quantitative estimate of drug-likeness (QED) is 0.454. The summed E-state index contributed by atoms with van der Waals surface area (Å²) in [6, 6.07) is 9.89. The molecule has 0 saturated carbocycles. The minimum Gasteiger partial charge on any atom is -0.495 e. The first-order valence-electron chi connectivity index (χ1n) is 11.6. The predicted octanol–water partition coefficient (Wildman–Crippen LogP) is 4.81. The van der Waals surface area contributed by atoms with Crippen molar-refractivity contribution in [3.63, 3.8) is 0 Å². The summed E-state index contributed by atoms with van der Waals surface area (Å²) < 4.78 is 29.7. The van der Waals surface area contributed by atoms with Crippen LogP contribution in [0.2, 0.25) is 0 Å². The molecule has 0 radical (unpaired) electrons. The van der Waals surface area contributed by atoms with Crippen LogP contribution in [0.5, 0.6) is 5.75 Å². The second kappa shape index (κ2) is 8.36. The van der Waals surface area contributed by atoms with Crippen LogP contribution in [0.25, 0.3) is 10.8 Å². The fraction of sp³-hybridized carbons (Fsp3) is 0.481. The molecule has 0 spiro atoms. The molecule has 5 nitrogen and oxygen atoms in total. The van der Waals surface area contributed by atoms with Gasteiger partial charge in [-0.05, 0) is 79.0 Å². The highest BCUT2D eigenvalue weighted by Gasteiger charge is 2.51. The van der Waals surface area contributed by atoms with E-state index in [-0.39, 0.29) is 0 Å². The number of methoxy groups -OCH3 is 1. The van der Waals surface area contributed by atoms with E-state index in [0.717, 1.165) is 21.9 Å². The fourth-order valence-electron chi connectivity index (χ4n) is 3.82. The summed E-state index contributed by atoms with van der Waals surface area (Å²) in [5, 5.41) is 1.93. The Morgan fingerprint density at radius 2 is 1.15 bits per heavy atom. The van der Waals surface area contributed by atoms with Crippen LogP contribution in [0.15, 0.2) is 30.3 Å². The molecule has 0 unspecified atom stereocenters. The highest BCUT2D eigenvalue weighted by molar-refractivity contribution is 6.56. The number of rotatable bonds is 1. The van der Waals surface area contributed by atoms with Crippen LogP contribution < -0.4 is 4.74 Å². The van der Waals surface area contributed by atoms with E-state index in [1.54, 1.807) is 7.11 Å². The maximum Gasteiger partial charge on any atom is 0.551 e. The van der Waals surface area contributed by atoms with Crippen molar-refractivity contribution in [2.75, 3.05) is 7.11 Å². The predicted molar refractivity (Wildman–Crippen MR) is 136 cm³/mol. The van der Waals surface area contributed by atoms with E-state index in [1.807, 2.05) is 85.7 Å². The molecule has 2 aromatic carbocycles. The van der Waals surface area contributed by atoms with Gasteiger partial charge in [0.05, 0.1) is 35.1 Å². The maximum atomic E-state index is 6.04. The molecule has 2 heterocycles. The van der Waals surface area contributed by atoms with E-state index in [2.05, 4.69) is 23.5 Å². The van der Waals surface area contributed by atoms with E-state index in [0.29, 0.717) is 5.75 Å². The number of hydrogen-bond acceptors (Lipinski definition) is 5. The zero-order chi connectivity index (χ0) is 24.9. The molecule has 0 aromatic heterocycles. The second-order valence-electron chi connectivity index (χ2n) is 10.8. The number of hydrogen-bond donors (Lipinski definition) is 0. The lowest BCUT2D eigenvalue weighted by Crippen LogP contribution is -2.41. The maximum absolute atomic E-state index is 6.04. The Labute approximate surface area is 204 Å². The van der Waals surface area contributed by atoms with E-state index in [1.165, 1.54) is 0 Å². The third-order valence-electron chi connectivity index (χ3n) is 7.39. The van der Waals surface area contributed by atoms with Gasteiger partial charge in [-0.3, -0.25) is 0 Å². The Hall–Kier alpha value is -2.41. The molecule has 0 amide bonds. The molecule has 2 saturated heterocycles. The third kappa shape index (κ3) is 4.35. The highest BCUT2D eigenvalue weighted by atomic mass is 16.7. The largest absolute Gasteiger partial charge is 0.551 e. The summed E-state index contributed by atoms with van der Waals surface area (Å²) in [6.07, 6.45) is 0. The van der Waals surface area contributed by atoms with Gasteiger partial charge in [0.15, 0.2) is 0 Å². The van der Waals surface area contributed by atoms with Gasteiger partial charge >= 0.3 is 14.2 Å². The van der Waals surface area contributed by atoms with Crippen molar-refractivity contribution in [1.29, 1.82) is 0 Å². The lowest BCUT2D eigenvalue weighted by molar-refractivity contribution is 0.00578. The smallest absolute Gasteiger partial charge is 0.495 e. The van der Waals surface area contributed by atoms with E-state index >= 15 is 0 Å². The summed E-state index contributed by atoms with van der Waals surface area (Å²) >= 11 is 0. The standard InChI is InChI=1S/C27H32B2O5/c1-24(2)25(3,4)32-28(31-24)17-15-19-11-10-12-21-20(19)13-14-23(30-9)22(21)16-18-29-33-26(5,6)27(7,8)34-29/h10-14H,1-9H3. The molecule has 0 bridgehead atoms. The minimum atomic E-state index is -0.615. The topological polar surface area (TPSA) is 46.2 Å². The monoisotopic (exact) mass is 458 g/mol. The Balaban J connectivity index is 1.70. The summed E-state index contributed by atoms with van der Waals surface area (Å²) in [5.74, 6) is 13.5. The van der Waals surface area contributed by atoms with Crippen LogP contribution in [0.4, 0.5) is 0 Å². The van der Waals surface area contributed by atoms with Gasteiger partial charge in [0.1, 0.15) is 5.75 Å². The van der Waals surface area contributed by atoms with Gasteiger partial charge in [0.2, 0.25) is 0 Å². The van der Waals surface area contributed by atoms with Gasteiger partial charge in [-0.2, -0.15) is 0 Å². The van der Waals surface area contributed by atoms with Crippen LogP contribution in [0.1, 0.15) is 66.5 Å². The lowest BCUT2D eigenvalue weighted by atomic mass is 9.89. The summed E-state index contributed by atoms with van der Waals surface area (Å²) in [6.45, 7) is 16.1. The van der Waals surface area contributed by atoms with Crippen molar-refractivity contribution in [2.45, 2.75) is 77.8 Å². The van der Waals surface area contributed by atoms with Gasteiger partial charge in [0.25, 0.3) is 0 Å². The average Bonchev–Trinajstić information content (AvgIpc) is 3.08. The molecule has 2 aliphatic heterocycles. The Bertz CT molecular complexity index is 1210. The van der Waals surface area contributed by atoms with Crippen LogP contribution in [-0.4, -0.2) is 43.8 Å². The van der Waals surface area contributed by atoms with Crippen LogP contribution >= 0.6 is 0 Å². The lowest BCUT2D eigenvalue weighted by Gasteiger charge is -2.32. The van der Waals surface area contributed by atoms with Gasteiger partial charge in [-0.15, -0.1) is 0 Å². The SMILES string of the molecule is COc1ccc2c(C#CB3OC(C)(C)C(C)(C)O3)cccc2c1C#CB1OC(C)(C)C(C)(C)O1. The number of fused-ring (bicyclic) bond motifs is 1. The first-order chi connectivity index (χ1) is 15.8. The summed E-state index contributed by atoms with van der Waals surface area (Å²) in [5.41, 5.74) is -0.0806. The molecule has 4 rings (SSSR count). The van der Waals surface area contributed by atoms with Gasteiger partial charge in [0, 0.05) is 10.9 Å². The van der Waals surface area contributed by atoms with Crippen LogP contribution in [-0.2, 0) is 18.6 Å². The normalized spacial score (nSPS) is 21.6. The van der Waals surface area contributed by atoms with E-state index in [9.17, 15) is 0 Å². The van der Waals surface area contributed by atoms with Crippen molar-refractivity contribution in [2.24, 2.45) is 0 Å². The molecule has 0 atom stereocenters. The van der Waals surface area contributed by atoms with Crippen LogP contribution in [0.3, 0.4) is 0 Å². The molecule has 0 aliphatic carbocycles. The molecular formula is C27H32B2O5. The van der Waals surface area contributed by atoms with Crippen molar-refractivity contribution < 1.29 is 23.4 Å². The molecule has 2 aliphatic rings. The molecule has 34 heavy (non-hydrogen) atoms. The first kappa shape index (κ1) is 24.7. The highest BCUT2D eigenvalue weighted by Crippen LogP contribution is 2.37. The molecule has 2 aromatic rings. The van der Waals surface area contributed by atoms with Crippen molar-refractivity contribution in [3.05, 3.63) is 41.5 Å². The van der Waals surface area contributed by atoms with Gasteiger partial charge in [-0.25, -0.2) is 0 Å². The Morgan fingerprint density at radius 3 is 1.65 bits per heavy atom. The Kier molecular flexibility index (Phi) is 6.08. The molecule has 7 heteroatoms. The first-order valence-corrected chi connectivity index (χ1v) is 11.6. The van der Waals surface area contributed by atoms with E-state index < -0.39 is 36.6 Å². The van der Waals surface area contributed by atoms with Gasteiger partial charge < -0.3 is 23.4 Å². The second-order valence-corrected chi connectivity index (χ2v) is 10.8. The Morgan fingerprint density at radius 1 is 0.647 bits per heavy atom. The van der Waals surface area contributed by atoms with Crippen molar-refractivity contribution in [1.82, 2.24) is 0 Å². The van der Waals surface area contributed by atoms with Crippen molar-refractivity contribution in [3.8, 4) is 29.2 Å². The number of benzene rings is 2. The molecule has 2 fully saturated rings. The zero-order valence-corrected chi connectivity index (χ0v) is 21.6. The molecule has 176 valence electrons. The third-order valence-corrected chi connectivity index (χ3v) is 7.39. The molecule has 0 N–H and O–H groups in total.